The number of benzene rings is 1. The highest BCUT2D eigenvalue weighted by Gasteiger charge is 2.37. The molecule has 1 saturated heterocycles. The van der Waals surface area contributed by atoms with Crippen molar-refractivity contribution in [3.63, 3.8) is 0 Å². The maximum atomic E-state index is 12.5. The smallest absolute Gasteiger partial charge is 0.293 e. The molecule has 1 aliphatic rings. The summed E-state index contributed by atoms with van der Waals surface area (Å²) >= 11 is 3.14. The number of carbonyl (C=O) groups excluding carboxylic acids is 2. The second-order valence-corrected chi connectivity index (χ2v) is 7.43. The van der Waals surface area contributed by atoms with Gasteiger partial charge in [0.2, 0.25) is 0 Å². The van der Waals surface area contributed by atoms with Crippen molar-refractivity contribution in [3.8, 4) is 11.5 Å². The number of carbonyl (C=O) groups is 2. The number of rotatable bonds is 6. The predicted molar refractivity (Wildman–Crippen MR) is 104 cm³/mol. The second kappa shape index (κ2) is 8.24. The van der Waals surface area contributed by atoms with Gasteiger partial charge in [0.15, 0.2) is 11.5 Å². The summed E-state index contributed by atoms with van der Waals surface area (Å²) in [4.78, 5) is 26.4. The van der Waals surface area contributed by atoms with Gasteiger partial charge in [0.05, 0.1) is 22.2 Å². The van der Waals surface area contributed by atoms with E-state index in [4.69, 9.17) is 9.47 Å². The molecule has 1 atom stereocenters. The van der Waals surface area contributed by atoms with E-state index in [1.807, 2.05) is 32.9 Å². The first-order valence-corrected chi connectivity index (χ1v) is 9.59. The zero-order chi connectivity index (χ0) is 17.9. The number of amides is 2. The largest absolute Gasteiger partial charge is 0.492 e. The molecule has 7 heteroatoms. The molecule has 1 aliphatic heterocycles. The average Bonchev–Trinajstić information content (AvgIpc) is 2.81. The number of hydrogen-bond acceptors (Lipinski definition) is 5. The van der Waals surface area contributed by atoms with Crippen LogP contribution in [0.3, 0.4) is 0 Å². The number of imide groups is 1. The van der Waals surface area contributed by atoms with Crippen LogP contribution in [0.25, 0.3) is 6.08 Å². The molecule has 0 N–H and O–H groups in total. The van der Waals surface area contributed by atoms with Crippen molar-refractivity contribution in [2.75, 3.05) is 13.7 Å². The number of nitrogens with zero attached hydrogens (tertiary/aromatic N) is 1. The van der Waals surface area contributed by atoms with E-state index in [2.05, 4.69) is 22.6 Å². The summed E-state index contributed by atoms with van der Waals surface area (Å²) in [6.07, 6.45) is 2.47. The molecule has 0 saturated carbocycles. The van der Waals surface area contributed by atoms with E-state index in [-0.39, 0.29) is 17.2 Å². The molecule has 1 aromatic rings. The molecule has 2 amide bonds. The van der Waals surface area contributed by atoms with Crippen LogP contribution in [0, 0.1) is 3.57 Å². The molecule has 130 valence electrons. The number of thioether (sulfide) groups is 1. The Balaban J connectivity index is 2.38. The zero-order valence-electron chi connectivity index (χ0n) is 14.1. The lowest BCUT2D eigenvalue weighted by Gasteiger charge is -2.19. The standard InChI is InChI=1S/C17H20INO4S/c1-5-10(3)19-16(20)14(24-17(19)21)9-11-7-12(18)15(22-4)13(8-11)23-6-2/h7-10H,5-6H2,1-4H3/b14-9+/t10-/m0/s1. The molecule has 24 heavy (non-hydrogen) atoms. The topological polar surface area (TPSA) is 55.8 Å². The normalized spacial score (nSPS) is 17.5. The summed E-state index contributed by atoms with van der Waals surface area (Å²) in [5, 5.41) is -0.214. The van der Waals surface area contributed by atoms with Crippen LogP contribution < -0.4 is 9.47 Å². The number of ether oxygens (including phenoxy) is 2. The Bertz CT molecular complexity index is 689. The molecule has 1 aromatic carbocycles. The van der Waals surface area contributed by atoms with Crippen LogP contribution in [0.2, 0.25) is 0 Å². The Hall–Kier alpha value is -1.22. The van der Waals surface area contributed by atoms with Gasteiger partial charge in [-0.1, -0.05) is 6.92 Å². The van der Waals surface area contributed by atoms with Gasteiger partial charge in [0.1, 0.15) is 0 Å². The first-order chi connectivity index (χ1) is 11.4. The van der Waals surface area contributed by atoms with Crippen LogP contribution in [-0.4, -0.2) is 35.8 Å². The number of methoxy groups -OCH3 is 1. The molecule has 0 spiro atoms. The van der Waals surface area contributed by atoms with Crippen LogP contribution in [0.1, 0.15) is 32.8 Å². The Morgan fingerprint density at radius 1 is 1.33 bits per heavy atom. The third-order valence-electron chi connectivity index (χ3n) is 3.69. The SMILES string of the molecule is CCOc1cc(/C=C2/SC(=O)N([C@@H](C)CC)C2=O)cc(I)c1OC. The van der Waals surface area contributed by atoms with Gasteiger partial charge in [-0.2, -0.15) is 0 Å². The minimum atomic E-state index is -0.233. The molecule has 0 radical (unpaired) electrons. The highest BCUT2D eigenvalue weighted by molar-refractivity contribution is 14.1. The zero-order valence-corrected chi connectivity index (χ0v) is 17.1. The van der Waals surface area contributed by atoms with Crippen molar-refractivity contribution in [3.05, 3.63) is 26.2 Å². The van der Waals surface area contributed by atoms with Gasteiger partial charge in [-0.05, 0) is 78.4 Å². The first-order valence-electron chi connectivity index (χ1n) is 7.70. The first kappa shape index (κ1) is 19.1. The summed E-state index contributed by atoms with van der Waals surface area (Å²) in [5.74, 6) is 1.06. The second-order valence-electron chi connectivity index (χ2n) is 5.28. The van der Waals surface area contributed by atoms with Crippen molar-refractivity contribution in [2.45, 2.75) is 33.2 Å². The molecule has 0 aromatic heterocycles. The lowest BCUT2D eigenvalue weighted by molar-refractivity contribution is -0.124. The lowest BCUT2D eigenvalue weighted by atomic mass is 10.1. The van der Waals surface area contributed by atoms with Gasteiger partial charge in [-0.25, -0.2) is 0 Å². The van der Waals surface area contributed by atoms with Gasteiger partial charge in [-0.15, -0.1) is 0 Å². The molecule has 0 bridgehead atoms. The molecular weight excluding hydrogens is 441 g/mol. The van der Waals surface area contributed by atoms with Gasteiger partial charge in [0.25, 0.3) is 11.1 Å². The fraction of sp³-hybridized carbons (Fsp3) is 0.412. The minimum absolute atomic E-state index is 0.0987. The van der Waals surface area contributed by atoms with Crippen LogP contribution >= 0.6 is 34.4 Å². The Morgan fingerprint density at radius 2 is 2.04 bits per heavy atom. The molecule has 1 heterocycles. The maximum Gasteiger partial charge on any atom is 0.293 e. The molecule has 2 rings (SSSR count). The molecule has 5 nitrogen and oxygen atoms in total. The van der Waals surface area contributed by atoms with Crippen LogP contribution in [0.15, 0.2) is 17.0 Å². The van der Waals surface area contributed by atoms with Crippen LogP contribution in [0.4, 0.5) is 4.79 Å². The van der Waals surface area contributed by atoms with E-state index in [1.54, 1.807) is 13.2 Å². The van der Waals surface area contributed by atoms with E-state index in [0.29, 0.717) is 23.0 Å². The molecule has 1 fully saturated rings. The monoisotopic (exact) mass is 461 g/mol. The van der Waals surface area contributed by atoms with Crippen LogP contribution in [-0.2, 0) is 4.79 Å². The van der Waals surface area contributed by atoms with Gasteiger partial charge in [0, 0.05) is 6.04 Å². The average molecular weight is 461 g/mol. The summed E-state index contributed by atoms with van der Waals surface area (Å²) < 4.78 is 11.9. The number of hydrogen-bond donors (Lipinski definition) is 0. The summed E-state index contributed by atoms with van der Waals surface area (Å²) in [7, 11) is 1.59. The summed E-state index contributed by atoms with van der Waals surface area (Å²) in [6, 6.07) is 3.62. The van der Waals surface area contributed by atoms with Crippen molar-refractivity contribution in [1.82, 2.24) is 4.90 Å². The molecule has 0 unspecified atom stereocenters. The quantitative estimate of drug-likeness (QED) is 0.460. The van der Waals surface area contributed by atoms with E-state index in [0.717, 1.165) is 27.3 Å². The molecular formula is C17H20INO4S. The van der Waals surface area contributed by atoms with E-state index >= 15 is 0 Å². The fourth-order valence-corrected chi connectivity index (χ4v) is 4.10. The van der Waals surface area contributed by atoms with Crippen molar-refractivity contribution < 1.29 is 19.1 Å². The van der Waals surface area contributed by atoms with E-state index < -0.39 is 0 Å². The van der Waals surface area contributed by atoms with Crippen molar-refractivity contribution >= 4 is 51.6 Å². The fourth-order valence-electron chi connectivity index (χ4n) is 2.33. The van der Waals surface area contributed by atoms with Crippen molar-refractivity contribution in [1.29, 1.82) is 0 Å². The van der Waals surface area contributed by atoms with Crippen LogP contribution in [0.5, 0.6) is 11.5 Å². The van der Waals surface area contributed by atoms with E-state index in [9.17, 15) is 9.59 Å². The maximum absolute atomic E-state index is 12.5. The van der Waals surface area contributed by atoms with Gasteiger partial charge >= 0.3 is 0 Å². The Kier molecular flexibility index (Phi) is 6.56. The van der Waals surface area contributed by atoms with E-state index in [1.165, 1.54) is 4.90 Å². The van der Waals surface area contributed by atoms with Gasteiger partial charge < -0.3 is 9.47 Å². The lowest BCUT2D eigenvalue weighted by Crippen LogP contribution is -2.36. The van der Waals surface area contributed by atoms with Crippen molar-refractivity contribution in [2.24, 2.45) is 0 Å². The molecule has 0 aliphatic carbocycles. The van der Waals surface area contributed by atoms with Gasteiger partial charge in [-0.3, -0.25) is 14.5 Å². The predicted octanol–water partition coefficient (Wildman–Crippen LogP) is 4.53. The highest BCUT2D eigenvalue weighted by atomic mass is 127. The minimum Gasteiger partial charge on any atom is -0.492 e. The third-order valence-corrected chi connectivity index (χ3v) is 5.37. The highest BCUT2D eigenvalue weighted by Crippen LogP contribution is 2.37. The Labute approximate surface area is 159 Å². The number of halogens is 1. The summed E-state index contributed by atoms with van der Waals surface area (Å²) in [5.41, 5.74) is 0.804. The third kappa shape index (κ3) is 3.88. The summed E-state index contributed by atoms with van der Waals surface area (Å²) in [6.45, 7) is 6.25. The Morgan fingerprint density at radius 3 is 2.62 bits per heavy atom.